The van der Waals surface area contributed by atoms with Crippen LogP contribution in [-0.2, 0) is 15.9 Å². The van der Waals surface area contributed by atoms with Crippen molar-refractivity contribution in [2.75, 3.05) is 0 Å². The molecule has 0 aliphatic rings. The van der Waals surface area contributed by atoms with E-state index in [1.807, 2.05) is 0 Å². The molecule has 0 spiro atoms. The van der Waals surface area contributed by atoms with Gasteiger partial charge in [0.15, 0.2) is 0 Å². The number of halogens is 2. The summed E-state index contributed by atoms with van der Waals surface area (Å²) >= 11 is -3.64. The van der Waals surface area contributed by atoms with Gasteiger partial charge in [-0.05, 0) is 0 Å². The Kier molecular flexibility index (Phi) is 2.21. The lowest BCUT2D eigenvalue weighted by Crippen LogP contribution is -2.32. The molecule has 0 amide bonds. The third-order valence-electron chi connectivity index (χ3n) is 0.468. The summed E-state index contributed by atoms with van der Waals surface area (Å²) in [7, 11) is 0. The van der Waals surface area contributed by atoms with Crippen LogP contribution < -0.4 is 0 Å². The molecule has 0 bridgehead atoms. The van der Waals surface area contributed by atoms with E-state index in [4.69, 9.17) is 9.66 Å². The first kappa shape index (κ1) is 8.44. The molecule has 0 aromatic carbocycles. The highest BCUT2D eigenvalue weighted by atomic mass is 32.2. The minimum atomic E-state index is -4.56. The molecule has 0 aromatic rings. The summed E-state index contributed by atoms with van der Waals surface area (Å²) in [5, 5.41) is 2.95. The molecule has 0 aromatic heterocycles. The Morgan fingerprint density at radius 2 is 1.89 bits per heavy atom. The Morgan fingerprint density at radius 3 is 1.89 bits per heavy atom. The molecule has 0 aliphatic heterocycles. The number of alkyl halides is 2. The standard InChI is InChI=1S/C2H2F2O4S/c3-2(4,1(5)6)9(7)8/h(H,5,6)(H,7,8). The molecular formula is C2H2F2O4S. The summed E-state index contributed by atoms with van der Waals surface area (Å²) in [5.74, 6) is -2.61. The van der Waals surface area contributed by atoms with E-state index in [0.717, 1.165) is 0 Å². The van der Waals surface area contributed by atoms with Crippen molar-refractivity contribution in [2.24, 2.45) is 0 Å². The van der Waals surface area contributed by atoms with Crippen LogP contribution in [-0.4, -0.2) is 25.1 Å². The van der Waals surface area contributed by atoms with E-state index in [1.165, 1.54) is 0 Å². The van der Waals surface area contributed by atoms with E-state index < -0.39 is 22.3 Å². The molecule has 54 valence electrons. The number of rotatable bonds is 2. The molecule has 0 saturated heterocycles. The molecule has 0 fully saturated rings. The Hall–Kier alpha value is -0.560. The molecule has 9 heavy (non-hydrogen) atoms. The van der Waals surface area contributed by atoms with Crippen LogP contribution in [0.25, 0.3) is 0 Å². The van der Waals surface area contributed by atoms with Crippen molar-refractivity contribution in [1.29, 1.82) is 0 Å². The molecule has 0 aliphatic carbocycles. The van der Waals surface area contributed by atoms with Crippen LogP contribution in [0.2, 0.25) is 0 Å². The summed E-state index contributed by atoms with van der Waals surface area (Å²) in [4.78, 5) is 9.36. The van der Waals surface area contributed by atoms with Gasteiger partial charge in [-0.3, -0.25) is 0 Å². The normalized spacial score (nSPS) is 15.0. The first-order valence-electron chi connectivity index (χ1n) is 1.61. The number of carbonyl (C=O) groups is 1. The quantitative estimate of drug-likeness (QED) is 0.552. The van der Waals surface area contributed by atoms with Crippen molar-refractivity contribution in [3.63, 3.8) is 0 Å². The lowest BCUT2D eigenvalue weighted by atomic mass is 10.7. The van der Waals surface area contributed by atoms with E-state index in [-0.39, 0.29) is 0 Å². The molecule has 7 heteroatoms. The number of hydrogen-bond acceptors (Lipinski definition) is 2. The van der Waals surface area contributed by atoms with E-state index in [2.05, 4.69) is 0 Å². The van der Waals surface area contributed by atoms with Crippen molar-refractivity contribution >= 4 is 17.0 Å². The van der Waals surface area contributed by atoms with Crippen LogP contribution in [0.3, 0.4) is 0 Å². The summed E-state index contributed by atoms with van der Waals surface area (Å²) in [5.41, 5.74) is 0. The second kappa shape index (κ2) is 2.36. The summed E-state index contributed by atoms with van der Waals surface area (Å²) in [6.07, 6.45) is 0. The van der Waals surface area contributed by atoms with Gasteiger partial charge in [-0.25, -0.2) is 9.00 Å². The number of carboxylic acid groups (broad SMARTS) is 1. The summed E-state index contributed by atoms with van der Waals surface area (Å²) in [6.45, 7) is 0. The summed E-state index contributed by atoms with van der Waals surface area (Å²) in [6, 6.07) is 0. The lowest BCUT2D eigenvalue weighted by Gasteiger charge is -2.02. The molecule has 1 unspecified atom stereocenters. The maximum atomic E-state index is 11.5. The Bertz CT molecular complexity index is 139. The Morgan fingerprint density at radius 1 is 1.56 bits per heavy atom. The lowest BCUT2D eigenvalue weighted by molar-refractivity contribution is -0.153. The van der Waals surface area contributed by atoms with Gasteiger partial charge in [-0.15, -0.1) is 0 Å². The van der Waals surface area contributed by atoms with Crippen LogP contribution >= 0.6 is 0 Å². The monoisotopic (exact) mass is 160 g/mol. The molecule has 0 radical (unpaired) electrons. The molecule has 0 rings (SSSR count). The second-order valence-corrected chi connectivity index (χ2v) is 2.08. The van der Waals surface area contributed by atoms with Gasteiger partial charge in [0.25, 0.3) is 0 Å². The Balaban J connectivity index is 4.38. The van der Waals surface area contributed by atoms with E-state index in [0.29, 0.717) is 0 Å². The maximum absolute atomic E-state index is 11.5. The predicted molar refractivity (Wildman–Crippen MR) is 23.4 cm³/mol. The topological polar surface area (TPSA) is 74.6 Å². The van der Waals surface area contributed by atoms with E-state index in [9.17, 15) is 17.8 Å². The van der Waals surface area contributed by atoms with E-state index >= 15 is 0 Å². The van der Waals surface area contributed by atoms with Crippen molar-refractivity contribution < 1.29 is 27.4 Å². The highest BCUT2D eigenvalue weighted by Gasteiger charge is 2.46. The van der Waals surface area contributed by atoms with Gasteiger partial charge in [-0.2, -0.15) is 8.78 Å². The van der Waals surface area contributed by atoms with Crippen LogP contribution in [0, 0.1) is 0 Å². The van der Waals surface area contributed by atoms with Gasteiger partial charge in [0.05, 0.1) is 0 Å². The minimum Gasteiger partial charge on any atom is -0.476 e. The molecule has 2 N–H and O–H groups in total. The van der Waals surface area contributed by atoms with Crippen molar-refractivity contribution in [2.45, 2.75) is 5.25 Å². The van der Waals surface area contributed by atoms with Gasteiger partial charge >= 0.3 is 11.2 Å². The fourth-order valence-corrected chi connectivity index (χ4v) is 0.224. The van der Waals surface area contributed by atoms with Crippen LogP contribution in [0.1, 0.15) is 0 Å². The third kappa shape index (κ3) is 1.68. The minimum absolute atomic E-state index is 2.61. The molecule has 1 atom stereocenters. The van der Waals surface area contributed by atoms with Gasteiger partial charge in [0.1, 0.15) is 0 Å². The van der Waals surface area contributed by atoms with Gasteiger partial charge in [0, 0.05) is 0 Å². The molecular weight excluding hydrogens is 158 g/mol. The first-order chi connectivity index (χ1) is 3.89. The van der Waals surface area contributed by atoms with Crippen LogP contribution in [0.4, 0.5) is 8.78 Å². The fraction of sp³-hybridized carbons (Fsp3) is 0.500. The average molecular weight is 160 g/mol. The SMILES string of the molecule is O=C(O)C(F)(F)S(=O)O. The highest BCUT2D eigenvalue weighted by molar-refractivity contribution is 7.81. The average Bonchev–Trinajstić information content (AvgIpc) is 1.65. The second-order valence-electron chi connectivity index (χ2n) is 1.07. The highest BCUT2D eigenvalue weighted by Crippen LogP contribution is 2.16. The zero-order chi connectivity index (χ0) is 7.65. The van der Waals surface area contributed by atoms with Gasteiger partial charge in [0.2, 0.25) is 11.1 Å². The zero-order valence-electron chi connectivity index (χ0n) is 3.88. The van der Waals surface area contributed by atoms with E-state index in [1.54, 1.807) is 0 Å². The van der Waals surface area contributed by atoms with Crippen LogP contribution in [0.5, 0.6) is 0 Å². The zero-order valence-corrected chi connectivity index (χ0v) is 4.69. The largest absolute Gasteiger partial charge is 0.476 e. The molecule has 0 saturated carbocycles. The first-order valence-corrected chi connectivity index (χ1v) is 2.72. The third-order valence-corrected chi connectivity index (χ3v) is 1.08. The van der Waals surface area contributed by atoms with Gasteiger partial charge in [-0.1, -0.05) is 0 Å². The number of hydrogen-bond donors (Lipinski definition) is 2. The van der Waals surface area contributed by atoms with Gasteiger partial charge < -0.3 is 9.66 Å². The van der Waals surface area contributed by atoms with Crippen molar-refractivity contribution in [3.8, 4) is 0 Å². The number of carboxylic acids is 1. The molecule has 0 heterocycles. The smallest absolute Gasteiger partial charge is 0.439 e. The van der Waals surface area contributed by atoms with Crippen molar-refractivity contribution in [3.05, 3.63) is 0 Å². The maximum Gasteiger partial charge on any atom is 0.439 e. The summed E-state index contributed by atoms with van der Waals surface area (Å²) < 4.78 is 40.1. The Labute approximate surface area is 50.8 Å². The van der Waals surface area contributed by atoms with Crippen molar-refractivity contribution in [1.82, 2.24) is 0 Å². The number of aliphatic carboxylic acids is 1. The fourth-order valence-electron chi connectivity index (χ4n) is 0.0747. The predicted octanol–water partition coefficient (Wildman–Crippen LogP) is -0.114. The molecule has 4 nitrogen and oxygen atoms in total. The van der Waals surface area contributed by atoms with Crippen LogP contribution in [0.15, 0.2) is 0 Å².